The van der Waals surface area contributed by atoms with Gasteiger partial charge in [0.1, 0.15) is 5.76 Å². The Morgan fingerprint density at radius 1 is 1.13 bits per heavy atom. The van der Waals surface area contributed by atoms with E-state index in [2.05, 4.69) is 25.0 Å². The molecule has 0 atom stereocenters. The molecule has 31 heavy (non-hydrogen) atoms. The number of thioether (sulfide) groups is 1. The van der Waals surface area contributed by atoms with Crippen LogP contribution in [0.5, 0.6) is 0 Å². The summed E-state index contributed by atoms with van der Waals surface area (Å²) in [5.41, 5.74) is 0.0644. The number of hydrogen-bond acceptors (Lipinski definition) is 6. The monoisotopic (exact) mass is 441 g/mol. The first-order valence-corrected chi connectivity index (χ1v) is 12.8. The minimum atomic E-state index is 0.0644. The Labute approximate surface area is 187 Å². The van der Waals surface area contributed by atoms with Gasteiger partial charge < -0.3 is 14.6 Å². The Hall–Kier alpha value is -1.96. The van der Waals surface area contributed by atoms with Crippen molar-refractivity contribution in [3.05, 3.63) is 24.2 Å². The lowest BCUT2D eigenvalue weighted by Crippen LogP contribution is -2.60. The van der Waals surface area contributed by atoms with Crippen molar-refractivity contribution in [3.63, 3.8) is 0 Å². The van der Waals surface area contributed by atoms with Crippen LogP contribution in [0.25, 0.3) is 0 Å². The van der Waals surface area contributed by atoms with E-state index in [1.807, 2.05) is 12.1 Å². The first-order chi connectivity index (χ1) is 15.2. The second-order valence-electron chi connectivity index (χ2n) is 10.2. The van der Waals surface area contributed by atoms with Gasteiger partial charge in [-0.3, -0.25) is 9.36 Å². The average molecular weight is 442 g/mol. The van der Waals surface area contributed by atoms with E-state index in [4.69, 9.17) is 4.42 Å². The number of carbonyl (C=O) groups excluding carboxylic acids is 1. The molecule has 0 spiro atoms. The van der Waals surface area contributed by atoms with Crippen LogP contribution in [0.2, 0.25) is 0 Å². The van der Waals surface area contributed by atoms with Crippen LogP contribution in [-0.2, 0) is 11.3 Å². The summed E-state index contributed by atoms with van der Waals surface area (Å²) in [6, 6.07) is 3.88. The third kappa shape index (κ3) is 3.88. The van der Waals surface area contributed by atoms with Crippen molar-refractivity contribution < 1.29 is 9.21 Å². The number of carbonyl (C=O) groups is 1. The maximum atomic E-state index is 13.0. The normalized spacial score (nSPS) is 31.5. The predicted molar refractivity (Wildman–Crippen MR) is 119 cm³/mol. The van der Waals surface area contributed by atoms with Crippen molar-refractivity contribution in [2.45, 2.75) is 68.6 Å². The molecule has 8 heteroatoms. The summed E-state index contributed by atoms with van der Waals surface area (Å²) in [6.45, 7) is 2.60. The van der Waals surface area contributed by atoms with E-state index in [-0.39, 0.29) is 11.4 Å². The lowest BCUT2D eigenvalue weighted by molar-refractivity contribution is -0.124. The Balaban J connectivity index is 1.14. The summed E-state index contributed by atoms with van der Waals surface area (Å²) in [7, 11) is 0. The third-order valence-corrected chi connectivity index (χ3v) is 8.72. The molecule has 166 valence electrons. The summed E-state index contributed by atoms with van der Waals surface area (Å²) in [6.07, 6.45) is 11.8. The Bertz CT molecular complexity index is 899. The second kappa shape index (κ2) is 7.87. The van der Waals surface area contributed by atoms with Crippen LogP contribution in [-0.4, -0.2) is 45.1 Å². The number of nitrogens with zero attached hydrogens (tertiary/aromatic N) is 4. The molecule has 0 radical (unpaired) electrons. The number of rotatable bonds is 7. The fourth-order valence-electron chi connectivity index (χ4n) is 6.96. The van der Waals surface area contributed by atoms with E-state index in [1.165, 1.54) is 63.1 Å². The van der Waals surface area contributed by atoms with Crippen molar-refractivity contribution in [1.82, 2.24) is 20.1 Å². The number of anilines is 1. The van der Waals surface area contributed by atoms with Crippen molar-refractivity contribution >= 4 is 23.6 Å². The van der Waals surface area contributed by atoms with Crippen molar-refractivity contribution in [2.75, 3.05) is 23.7 Å². The summed E-state index contributed by atoms with van der Waals surface area (Å²) >= 11 is 1.49. The zero-order valence-electron chi connectivity index (χ0n) is 18.0. The zero-order chi connectivity index (χ0) is 20.8. The van der Waals surface area contributed by atoms with Gasteiger partial charge in [-0.2, -0.15) is 0 Å². The van der Waals surface area contributed by atoms with E-state index in [0.29, 0.717) is 12.3 Å². The molecule has 0 unspecified atom stereocenters. The van der Waals surface area contributed by atoms with Crippen LogP contribution >= 0.6 is 11.8 Å². The largest absolute Gasteiger partial charge is 0.467 e. The van der Waals surface area contributed by atoms with Gasteiger partial charge >= 0.3 is 0 Å². The number of furan rings is 1. The van der Waals surface area contributed by atoms with E-state index in [0.717, 1.165) is 47.7 Å². The van der Waals surface area contributed by atoms with Gasteiger partial charge in [-0.25, -0.2) is 0 Å². The first-order valence-electron chi connectivity index (χ1n) is 11.8. The van der Waals surface area contributed by atoms with E-state index in [9.17, 15) is 4.79 Å². The molecule has 7 rings (SSSR count). The Kier molecular flexibility index (Phi) is 5.00. The minimum absolute atomic E-state index is 0.0644. The van der Waals surface area contributed by atoms with Gasteiger partial charge in [0.05, 0.1) is 18.6 Å². The molecule has 1 aliphatic heterocycles. The average Bonchev–Trinajstić information content (AvgIpc) is 3.48. The van der Waals surface area contributed by atoms with Gasteiger partial charge in [-0.1, -0.05) is 11.8 Å². The number of hydrogen-bond donors (Lipinski definition) is 1. The number of aromatic nitrogens is 3. The molecule has 1 N–H and O–H groups in total. The molecule has 1 amide bonds. The van der Waals surface area contributed by atoms with Gasteiger partial charge in [0.2, 0.25) is 11.9 Å². The molecule has 2 aromatic heterocycles. The highest BCUT2D eigenvalue weighted by Gasteiger charge is 2.51. The van der Waals surface area contributed by atoms with Crippen molar-refractivity contribution in [2.24, 2.45) is 17.8 Å². The highest BCUT2D eigenvalue weighted by Crippen LogP contribution is 2.55. The fraction of sp³-hybridized carbons (Fsp3) is 0.696. The highest BCUT2D eigenvalue weighted by atomic mass is 32.2. The van der Waals surface area contributed by atoms with Gasteiger partial charge in [0.25, 0.3) is 0 Å². The topological polar surface area (TPSA) is 76.2 Å². The maximum Gasteiger partial charge on any atom is 0.230 e. The van der Waals surface area contributed by atoms with Crippen LogP contribution in [0.4, 0.5) is 5.95 Å². The van der Waals surface area contributed by atoms with Crippen LogP contribution in [0.3, 0.4) is 0 Å². The standard InChI is InChI=1S/C23H31N5O2S/c29-20(24-23-11-16-8-17(12-23)10-18(9-16)13-23)15-31-22-26-25-21(27-5-1-2-6-27)28(22)14-19-4-3-7-30-19/h3-4,7,16-18H,1-2,5-6,8-15H2,(H,24,29). The van der Waals surface area contributed by atoms with E-state index >= 15 is 0 Å². The predicted octanol–water partition coefficient (Wildman–Crippen LogP) is 3.70. The van der Waals surface area contributed by atoms with E-state index < -0.39 is 0 Å². The van der Waals surface area contributed by atoms with Crippen LogP contribution in [0.1, 0.15) is 57.1 Å². The van der Waals surface area contributed by atoms with Crippen LogP contribution in [0, 0.1) is 17.8 Å². The molecular formula is C23H31N5O2S. The third-order valence-electron chi connectivity index (χ3n) is 7.76. The molecule has 1 saturated heterocycles. The maximum absolute atomic E-state index is 13.0. The van der Waals surface area contributed by atoms with Gasteiger partial charge in [-0.15, -0.1) is 10.2 Å². The molecule has 2 aromatic rings. The number of nitrogens with one attached hydrogen (secondary N) is 1. The molecule has 4 saturated carbocycles. The van der Waals surface area contributed by atoms with E-state index in [1.54, 1.807) is 6.26 Å². The van der Waals surface area contributed by atoms with Gasteiger partial charge in [-0.05, 0) is 81.3 Å². The summed E-state index contributed by atoms with van der Waals surface area (Å²) in [5, 5.41) is 13.2. The Morgan fingerprint density at radius 3 is 2.48 bits per heavy atom. The summed E-state index contributed by atoms with van der Waals surface area (Å²) in [4.78, 5) is 15.3. The molecule has 5 fully saturated rings. The van der Waals surface area contributed by atoms with Crippen molar-refractivity contribution in [1.29, 1.82) is 0 Å². The van der Waals surface area contributed by atoms with Gasteiger partial charge in [0, 0.05) is 18.6 Å². The van der Waals surface area contributed by atoms with Crippen LogP contribution < -0.4 is 10.2 Å². The Morgan fingerprint density at radius 2 is 1.84 bits per heavy atom. The van der Waals surface area contributed by atoms with Gasteiger partial charge in [0.15, 0.2) is 5.16 Å². The number of amides is 1. The van der Waals surface area contributed by atoms with Crippen molar-refractivity contribution in [3.8, 4) is 0 Å². The second-order valence-corrected chi connectivity index (χ2v) is 11.1. The molecule has 0 aromatic carbocycles. The zero-order valence-corrected chi connectivity index (χ0v) is 18.8. The SMILES string of the molecule is O=C(CSc1nnc(N2CCCC2)n1Cc1ccco1)NC12CC3CC(CC(C3)C1)C2. The molecule has 4 bridgehead atoms. The molecule has 5 aliphatic rings. The smallest absolute Gasteiger partial charge is 0.230 e. The first kappa shape index (κ1) is 19.7. The molecule has 7 nitrogen and oxygen atoms in total. The molecular weight excluding hydrogens is 410 g/mol. The minimum Gasteiger partial charge on any atom is -0.467 e. The lowest BCUT2D eigenvalue weighted by atomic mass is 9.53. The molecule has 4 aliphatic carbocycles. The quantitative estimate of drug-likeness (QED) is 0.661. The summed E-state index contributed by atoms with van der Waals surface area (Å²) in [5.74, 6) is 4.79. The summed E-state index contributed by atoms with van der Waals surface area (Å²) < 4.78 is 7.68. The lowest BCUT2D eigenvalue weighted by Gasteiger charge is -2.56. The highest BCUT2D eigenvalue weighted by molar-refractivity contribution is 7.99. The van der Waals surface area contributed by atoms with Crippen LogP contribution in [0.15, 0.2) is 28.0 Å². The molecule has 3 heterocycles. The fourth-order valence-corrected chi connectivity index (χ4v) is 7.69.